The van der Waals surface area contributed by atoms with E-state index in [-0.39, 0.29) is 11.4 Å². The monoisotopic (exact) mass is 352 g/mol. The predicted octanol–water partition coefficient (Wildman–Crippen LogP) is 2.92. The summed E-state index contributed by atoms with van der Waals surface area (Å²) in [6.45, 7) is 1.79. The first-order valence-corrected chi connectivity index (χ1v) is 7.23. The molecule has 0 amide bonds. The van der Waals surface area contributed by atoms with Crippen LogP contribution in [0.3, 0.4) is 0 Å². The number of aromatic amines is 1. The summed E-state index contributed by atoms with van der Waals surface area (Å²) >= 11 is 9.15. The minimum absolute atomic E-state index is 0.149. The molecule has 20 heavy (non-hydrogen) atoms. The average Bonchev–Trinajstić information content (AvgIpc) is 2.77. The van der Waals surface area contributed by atoms with Crippen molar-refractivity contribution < 1.29 is 0 Å². The van der Waals surface area contributed by atoms with E-state index in [4.69, 9.17) is 11.6 Å². The number of nitrogens with zero attached hydrogens (tertiary/aromatic N) is 3. The molecule has 0 radical (unpaired) electrons. The van der Waals surface area contributed by atoms with Crippen LogP contribution in [-0.4, -0.2) is 19.7 Å². The van der Waals surface area contributed by atoms with Crippen LogP contribution >= 0.6 is 27.5 Å². The van der Waals surface area contributed by atoms with E-state index in [9.17, 15) is 4.79 Å². The Bertz CT molecular complexity index is 838. The second-order valence-corrected chi connectivity index (χ2v) is 5.50. The van der Waals surface area contributed by atoms with Crippen molar-refractivity contribution in [3.63, 3.8) is 0 Å². The third-order valence-corrected chi connectivity index (χ3v) is 3.74. The maximum absolute atomic E-state index is 12.1. The van der Waals surface area contributed by atoms with Crippen molar-refractivity contribution in [3.05, 3.63) is 50.6 Å². The lowest BCUT2D eigenvalue weighted by molar-refractivity contribution is 0.870. The van der Waals surface area contributed by atoms with Gasteiger partial charge in [-0.3, -0.25) is 4.79 Å². The summed E-state index contributed by atoms with van der Waals surface area (Å²) in [5, 5.41) is 4.89. The summed E-state index contributed by atoms with van der Waals surface area (Å²) in [5.74, 6) is 0.581. The average molecular weight is 354 g/mol. The Morgan fingerprint density at radius 2 is 2.05 bits per heavy atom. The van der Waals surface area contributed by atoms with E-state index in [0.717, 1.165) is 10.2 Å². The third-order valence-electron chi connectivity index (χ3n) is 2.96. The van der Waals surface area contributed by atoms with Crippen LogP contribution in [0.25, 0.3) is 16.7 Å². The van der Waals surface area contributed by atoms with E-state index in [1.807, 2.05) is 24.3 Å². The summed E-state index contributed by atoms with van der Waals surface area (Å²) in [6, 6.07) is 7.63. The number of aromatic nitrogens is 4. The molecule has 102 valence electrons. The highest BCUT2D eigenvalue weighted by Gasteiger charge is 2.14. The van der Waals surface area contributed by atoms with Crippen LogP contribution < -0.4 is 5.56 Å². The zero-order valence-corrected chi connectivity index (χ0v) is 12.9. The number of halogens is 2. The van der Waals surface area contributed by atoms with Gasteiger partial charge in [0.1, 0.15) is 11.2 Å². The minimum atomic E-state index is -0.216. The van der Waals surface area contributed by atoms with Crippen LogP contribution in [0.15, 0.2) is 33.5 Å². The van der Waals surface area contributed by atoms with Gasteiger partial charge in [-0.25, -0.2) is 9.67 Å². The van der Waals surface area contributed by atoms with Crippen LogP contribution in [-0.2, 0) is 5.88 Å². The van der Waals surface area contributed by atoms with Crippen LogP contribution in [0.1, 0.15) is 11.5 Å². The van der Waals surface area contributed by atoms with Crippen molar-refractivity contribution >= 4 is 38.6 Å². The molecule has 1 N–H and O–H groups in total. The fourth-order valence-electron chi connectivity index (χ4n) is 2.06. The molecular formula is C13H10BrClN4O. The molecule has 3 aromatic rings. The van der Waals surface area contributed by atoms with Crippen molar-refractivity contribution in [3.8, 4) is 5.69 Å². The van der Waals surface area contributed by atoms with Gasteiger partial charge in [0, 0.05) is 4.47 Å². The largest absolute Gasteiger partial charge is 0.309 e. The number of hydrogen-bond acceptors (Lipinski definition) is 3. The molecule has 5 nitrogen and oxygen atoms in total. The van der Waals surface area contributed by atoms with Crippen molar-refractivity contribution in [2.75, 3.05) is 0 Å². The lowest BCUT2D eigenvalue weighted by Crippen LogP contribution is -2.11. The summed E-state index contributed by atoms with van der Waals surface area (Å²) in [7, 11) is 0. The highest BCUT2D eigenvalue weighted by Crippen LogP contribution is 2.19. The number of aryl methyl sites for hydroxylation is 1. The van der Waals surface area contributed by atoms with Gasteiger partial charge in [-0.05, 0) is 31.2 Å². The van der Waals surface area contributed by atoms with Gasteiger partial charge in [0.15, 0.2) is 5.65 Å². The molecule has 0 atom stereocenters. The first kappa shape index (κ1) is 13.3. The maximum Gasteiger partial charge on any atom is 0.262 e. The van der Waals surface area contributed by atoms with Gasteiger partial charge in [-0.15, -0.1) is 11.6 Å². The van der Waals surface area contributed by atoms with Crippen molar-refractivity contribution in [2.24, 2.45) is 0 Å². The first-order valence-electron chi connectivity index (χ1n) is 5.90. The van der Waals surface area contributed by atoms with Crippen LogP contribution in [0.2, 0.25) is 0 Å². The second kappa shape index (κ2) is 5.03. The van der Waals surface area contributed by atoms with Gasteiger partial charge in [-0.1, -0.05) is 15.9 Å². The number of H-pyrrole nitrogens is 1. The number of rotatable bonds is 2. The van der Waals surface area contributed by atoms with Crippen LogP contribution in [0, 0.1) is 6.92 Å². The Balaban J connectivity index is 2.33. The maximum atomic E-state index is 12.1. The number of nitrogens with one attached hydrogen (secondary N) is 1. The summed E-state index contributed by atoms with van der Waals surface area (Å²) in [4.78, 5) is 19.1. The highest BCUT2D eigenvalue weighted by molar-refractivity contribution is 9.10. The smallest absolute Gasteiger partial charge is 0.262 e. The summed E-state index contributed by atoms with van der Waals surface area (Å²) in [6.07, 6.45) is 0. The van der Waals surface area contributed by atoms with Crippen molar-refractivity contribution in [1.29, 1.82) is 0 Å². The molecule has 1 aromatic carbocycles. The van der Waals surface area contributed by atoms with Gasteiger partial charge < -0.3 is 4.98 Å². The first-order chi connectivity index (χ1) is 9.60. The Hall–Kier alpha value is -1.66. The zero-order chi connectivity index (χ0) is 14.3. The Morgan fingerprint density at radius 1 is 1.35 bits per heavy atom. The van der Waals surface area contributed by atoms with E-state index in [1.165, 1.54) is 0 Å². The summed E-state index contributed by atoms with van der Waals surface area (Å²) < 4.78 is 2.63. The second-order valence-electron chi connectivity index (χ2n) is 4.32. The molecule has 0 unspecified atom stereocenters. The van der Waals surface area contributed by atoms with Crippen LogP contribution in [0.4, 0.5) is 0 Å². The molecule has 0 saturated heterocycles. The van der Waals surface area contributed by atoms with Gasteiger partial charge >= 0.3 is 0 Å². The predicted molar refractivity (Wildman–Crippen MR) is 81.5 cm³/mol. The fourth-order valence-corrected chi connectivity index (χ4v) is 2.45. The fraction of sp³-hybridized carbons (Fsp3) is 0.154. The van der Waals surface area contributed by atoms with Crippen molar-refractivity contribution in [1.82, 2.24) is 19.7 Å². The van der Waals surface area contributed by atoms with Crippen molar-refractivity contribution in [2.45, 2.75) is 12.8 Å². The number of alkyl halides is 1. The number of hydrogen-bond donors (Lipinski definition) is 1. The standard InChI is InChI=1S/C13H10BrClN4O/c1-7-11-12(16-10(6-15)17-13(11)20)19(18-7)9-4-2-8(14)3-5-9/h2-5H,6H2,1H3,(H,16,17,20). The minimum Gasteiger partial charge on any atom is -0.309 e. The molecule has 3 rings (SSSR count). The zero-order valence-electron chi connectivity index (χ0n) is 10.5. The lowest BCUT2D eigenvalue weighted by Gasteiger charge is -2.03. The third kappa shape index (κ3) is 2.14. The van der Waals surface area contributed by atoms with E-state index >= 15 is 0 Å². The molecule has 0 aliphatic rings. The van der Waals surface area contributed by atoms with E-state index < -0.39 is 0 Å². The quantitative estimate of drug-likeness (QED) is 0.721. The molecule has 0 fully saturated rings. The molecule has 0 spiro atoms. The molecular weight excluding hydrogens is 344 g/mol. The Labute approximate surface area is 127 Å². The molecule has 7 heteroatoms. The van der Waals surface area contributed by atoms with Gasteiger partial charge in [0.2, 0.25) is 0 Å². The normalized spacial score (nSPS) is 11.2. The Morgan fingerprint density at radius 3 is 2.70 bits per heavy atom. The SMILES string of the molecule is Cc1nn(-c2ccc(Br)cc2)c2nc(CCl)[nH]c(=O)c12. The molecule has 2 heterocycles. The Kier molecular flexibility index (Phi) is 3.35. The molecule has 0 saturated carbocycles. The number of fused-ring (bicyclic) bond motifs is 1. The molecule has 2 aromatic heterocycles. The molecule has 0 bridgehead atoms. The molecule has 0 aliphatic heterocycles. The van der Waals surface area contributed by atoms with Gasteiger partial charge in [0.05, 0.1) is 17.3 Å². The van der Waals surface area contributed by atoms with Crippen LogP contribution in [0.5, 0.6) is 0 Å². The van der Waals surface area contributed by atoms with E-state index in [0.29, 0.717) is 22.6 Å². The van der Waals surface area contributed by atoms with Gasteiger partial charge in [-0.2, -0.15) is 5.10 Å². The summed E-state index contributed by atoms with van der Waals surface area (Å²) in [5.41, 5.74) is 1.78. The van der Waals surface area contributed by atoms with E-state index in [1.54, 1.807) is 11.6 Å². The lowest BCUT2D eigenvalue weighted by atomic mass is 10.3. The van der Waals surface area contributed by atoms with E-state index in [2.05, 4.69) is 31.0 Å². The molecule has 0 aliphatic carbocycles. The highest BCUT2D eigenvalue weighted by atomic mass is 79.9. The number of benzene rings is 1. The topological polar surface area (TPSA) is 63.6 Å². The van der Waals surface area contributed by atoms with Gasteiger partial charge in [0.25, 0.3) is 5.56 Å².